The molecule has 21 heavy (non-hydrogen) atoms. The van der Waals surface area contributed by atoms with E-state index in [0.29, 0.717) is 5.89 Å². The second-order valence-electron chi connectivity index (χ2n) is 5.82. The van der Waals surface area contributed by atoms with Crippen LogP contribution in [0.3, 0.4) is 0 Å². The van der Waals surface area contributed by atoms with Crippen LogP contribution in [0.4, 0.5) is 5.95 Å². The largest absolute Gasteiger partial charge is 0.338 e. The third-order valence-electron chi connectivity index (χ3n) is 4.43. The number of nitrogens with one attached hydrogen (secondary N) is 1. The van der Waals surface area contributed by atoms with Crippen LogP contribution in [0.5, 0.6) is 0 Å². The molecule has 0 bridgehead atoms. The average molecular weight is 284 g/mol. The summed E-state index contributed by atoms with van der Waals surface area (Å²) in [6, 6.07) is 8.53. The molecule has 1 fully saturated rings. The van der Waals surface area contributed by atoms with Gasteiger partial charge in [0.2, 0.25) is 5.89 Å². The first kappa shape index (κ1) is 12.8. The standard InChI is InChI=1S/C16H20N4O/c1-4-10-20(11-5-1)16-18-15(21-19-16)14-13-7-3-2-6-12(13)8-9-17-14/h2-3,6-7,14,17H,1,4-5,8-11H2. The van der Waals surface area contributed by atoms with Gasteiger partial charge in [-0.2, -0.15) is 4.98 Å². The van der Waals surface area contributed by atoms with Crippen molar-refractivity contribution in [1.82, 2.24) is 15.5 Å². The minimum absolute atomic E-state index is 0.0287. The number of benzene rings is 1. The van der Waals surface area contributed by atoms with Gasteiger partial charge in [-0.15, -0.1) is 0 Å². The zero-order valence-corrected chi connectivity index (χ0v) is 12.1. The van der Waals surface area contributed by atoms with E-state index in [1.165, 1.54) is 30.4 Å². The van der Waals surface area contributed by atoms with E-state index in [1.807, 2.05) is 0 Å². The van der Waals surface area contributed by atoms with E-state index in [1.54, 1.807) is 0 Å². The van der Waals surface area contributed by atoms with Crippen LogP contribution in [0.1, 0.15) is 42.3 Å². The molecule has 2 aliphatic rings. The topological polar surface area (TPSA) is 54.2 Å². The Morgan fingerprint density at radius 2 is 2.00 bits per heavy atom. The van der Waals surface area contributed by atoms with Crippen LogP contribution in [0.2, 0.25) is 0 Å². The van der Waals surface area contributed by atoms with Crippen molar-refractivity contribution < 1.29 is 4.52 Å². The lowest BCUT2D eigenvalue weighted by atomic mass is 9.94. The molecule has 4 rings (SSSR count). The van der Waals surface area contributed by atoms with Gasteiger partial charge in [-0.1, -0.05) is 24.3 Å². The summed E-state index contributed by atoms with van der Waals surface area (Å²) in [6.45, 7) is 3.02. The third-order valence-corrected chi connectivity index (χ3v) is 4.43. The summed E-state index contributed by atoms with van der Waals surface area (Å²) in [5.74, 6) is 1.43. The number of hydrogen-bond acceptors (Lipinski definition) is 5. The Morgan fingerprint density at radius 1 is 1.14 bits per heavy atom. The number of anilines is 1. The highest BCUT2D eigenvalue weighted by molar-refractivity contribution is 5.37. The van der Waals surface area contributed by atoms with Crippen molar-refractivity contribution in [2.45, 2.75) is 31.7 Å². The fraction of sp³-hybridized carbons (Fsp3) is 0.500. The quantitative estimate of drug-likeness (QED) is 0.917. The maximum Gasteiger partial charge on any atom is 0.266 e. The molecule has 3 heterocycles. The first-order chi connectivity index (χ1) is 10.4. The van der Waals surface area contributed by atoms with Crippen molar-refractivity contribution in [3.8, 4) is 0 Å². The molecule has 0 radical (unpaired) electrons. The lowest BCUT2D eigenvalue weighted by Crippen LogP contribution is -2.31. The molecule has 1 aromatic heterocycles. The molecular weight excluding hydrogens is 264 g/mol. The van der Waals surface area contributed by atoms with E-state index in [2.05, 4.69) is 44.6 Å². The highest BCUT2D eigenvalue weighted by Crippen LogP contribution is 2.28. The molecular formula is C16H20N4O. The molecule has 110 valence electrons. The Morgan fingerprint density at radius 3 is 2.90 bits per heavy atom. The molecule has 1 saturated heterocycles. The normalized spacial score (nSPS) is 22.1. The fourth-order valence-corrected chi connectivity index (χ4v) is 3.29. The van der Waals surface area contributed by atoms with E-state index >= 15 is 0 Å². The number of nitrogens with zero attached hydrogens (tertiary/aromatic N) is 3. The molecule has 1 atom stereocenters. The van der Waals surface area contributed by atoms with Gasteiger partial charge < -0.3 is 14.7 Å². The van der Waals surface area contributed by atoms with Gasteiger partial charge in [0.25, 0.3) is 5.95 Å². The Labute approximate surface area is 124 Å². The summed E-state index contributed by atoms with van der Waals surface area (Å²) in [4.78, 5) is 6.87. The second kappa shape index (κ2) is 5.48. The molecule has 0 spiro atoms. The lowest BCUT2D eigenvalue weighted by molar-refractivity contribution is 0.342. The smallest absolute Gasteiger partial charge is 0.266 e. The van der Waals surface area contributed by atoms with Crippen LogP contribution >= 0.6 is 0 Å². The van der Waals surface area contributed by atoms with Gasteiger partial charge in [0.1, 0.15) is 6.04 Å². The molecule has 2 aliphatic heterocycles. The van der Waals surface area contributed by atoms with Gasteiger partial charge in [-0.25, -0.2) is 0 Å². The summed E-state index contributed by atoms with van der Waals surface area (Å²) in [5, 5.41) is 7.68. The fourth-order valence-electron chi connectivity index (χ4n) is 3.29. The van der Waals surface area contributed by atoms with Crippen molar-refractivity contribution in [3.63, 3.8) is 0 Å². The van der Waals surface area contributed by atoms with Crippen molar-refractivity contribution in [1.29, 1.82) is 0 Å². The van der Waals surface area contributed by atoms with Crippen LogP contribution in [0, 0.1) is 0 Å². The minimum atomic E-state index is 0.0287. The molecule has 0 amide bonds. The molecule has 1 N–H and O–H groups in total. The number of piperidine rings is 1. The average Bonchev–Trinajstić information content (AvgIpc) is 3.05. The van der Waals surface area contributed by atoms with Crippen molar-refractivity contribution in [3.05, 3.63) is 41.3 Å². The first-order valence-corrected chi connectivity index (χ1v) is 7.81. The van der Waals surface area contributed by atoms with E-state index in [4.69, 9.17) is 4.52 Å². The summed E-state index contributed by atoms with van der Waals surface area (Å²) >= 11 is 0. The molecule has 0 aliphatic carbocycles. The molecule has 1 unspecified atom stereocenters. The van der Waals surface area contributed by atoms with Crippen molar-refractivity contribution in [2.24, 2.45) is 0 Å². The molecule has 0 saturated carbocycles. The molecule has 2 aromatic rings. The van der Waals surface area contributed by atoms with E-state index in [9.17, 15) is 0 Å². The van der Waals surface area contributed by atoms with Crippen LogP contribution in [0.15, 0.2) is 28.8 Å². The Hall–Kier alpha value is -1.88. The maximum absolute atomic E-state index is 5.55. The van der Waals surface area contributed by atoms with Crippen LogP contribution in [0.25, 0.3) is 0 Å². The van der Waals surface area contributed by atoms with Crippen molar-refractivity contribution in [2.75, 3.05) is 24.5 Å². The second-order valence-corrected chi connectivity index (χ2v) is 5.82. The Bertz CT molecular complexity index is 618. The maximum atomic E-state index is 5.55. The Balaban J connectivity index is 1.61. The van der Waals surface area contributed by atoms with Crippen LogP contribution in [-0.4, -0.2) is 29.8 Å². The highest BCUT2D eigenvalue weighted by Gasteiger charge is 2.27. The summed E-state index contributed by atoms with van der Waals surface area (Å²) in [7, 11) is 0. The van der Waals surface area contributed by atoms with Gasteiger partial charge in [0, 0.05) is 19.6 Å². The van der Waals surface area contributed by atoms with Gasteiger partial charge in [0.15, 0.2) is 0 Å². The highest BCUT2D eigenvalue weighted by atomic mass is 16.5. The monoisotopic (exact) mass is 284 g/mol. The Kier molecular flexibility index (Phi) is 3.35. The SMILES string of the molecule is c1ccc2c(c1)CCNC2c1nc(N2CCCCC2)no1. The zero-order valence-electron chi connectivity index (χ0n) is 12.1. The first-order valence-electron chi connectivity index (χ1n) is 7.81. The van der Waals surface area contributed by atoms with Gasteiger partial charge in [-0.05, 0) is 42.0 Å². The van der Waals surface area contributed by atoms with Crippen LogP contribution in [-0.2, 0) is 6.42 Å². The van der Waals surface area contributed by atoms with Gasteiger partial charge in [-0.3, -0.25) is 0 Å². The number of rotatable bonds is 2. The lowest BCUT2D eigenvalue weighted by Gasteiger charge is -2.25. The predicted molar refractivity (Wildman–Crippen MR) is 80.4 cm³/mol. The molecule has 5 nitrogen and oxygen atoms in total. The van der Waals surface area contributed by atoms with Crippen molar-refractivity contribution >= 4 is 5.95 Å². The van der Waals surface area contributed by atoms with Gasteiger partial charge in [0.05, 0.1) is 0 Å². The summed E-state index contributed by atoms with van der Waals surface area (Å²) in [5.41, 5.74) is 2.64. The summed E-state index contributed by atoms with van der Waals surface area (Å²) < 4.78 is 5.55. The van der Waals surface area contributed by atoms with Gasteiger partial charge >= 0.3 is 0 Å². The number of hydrogen-bond donors (Lipinski definition) is 1. The van der Waals surface area contributed by atoms with E-state index in [0.717, 1.165) is 32.0 Å². The molecule has 5 heteroatoms. The number of fused-ring (bicyclic) bond motifs is 1. The van der Waals surface area contributed by atoms with E-state index < -0.39 is 0 Å². The molecule has 1 aromatic carbocycles. The minimum Gasteiger partial charge on any atom is -0.338 e. The van der Waals surface area contributed by atoms with Crippen LogP contribution < -0.4 is 10.2 Å². The predicted octanol–water partition coefficient (Wildman–Crippen LogP) is 2.29. The summed E-state index contributed by atoms with van der Waals surface area (Å²) in [6.07, 6.45) is 4.79. The van der Waals surface area contributed by atoms with E-state index in [-0.39, 0.29) is 6.04 Å². The zero-order chi connectivity index (χ0) is 14.1. The number of aromatic nitrogens is 2. The third kappa shape index (κ3) is 2.42.